The first-order chi connectivity index (χ1) is 10.9. The fourth-order valence-electron chi connectivity index (χ4n) is 1.96. The van der Waals surface area contributed by atoms with Crippen LogP contribution in [0.4, 0.5) is 10.1 Å². The summed E-state index contributed by atoms with van der Waals surface area (Å²) in [6.45, 7) is 3.13. The van der Waals surface area contributed by atoms with Crippen LogP contribution in [0.2, 0.25) is 0 Å². The first-order valence-corrected chi connectivity index (χ1v) is 6.84. The van der Waals surface area contributed by atoms with Crippen molar-refractivity contribution in [3.63, 3.8) is 0 Å². The Morgan fingerprint density at radius 1 is 1.09 bits per heavy atom. The summed E-state index contributed by atoms with van der Waals surface area (Å²) in [6, 6.07) is 8.72. The van der Waals surface area contributed by atoms with E-state index in [0.29, 0.717) is 5.75 Å². The summed E-state index contributed by atoms with van der Waals surface area (Å²) in [7, 11) is 1.47. The molecule has 0 aliphatic heterocycles. The molecule has 0 saturated carbocycles. The second-order valence-electron chi connectivity index (χ2n) is 4.92. The molecule has 0 unspecified atom stereocenters. The van der Waals surface area contributed by atoms with Gasteiger partial charge in [0.25, 0.3) is 0 Å². The fourth-order valence-corrected chi connectivity index (χ4v) is 1.96. The minimum Gasteiger partial charge on any atom is -0.493 e. The largest absolute Gasteiger partial charge is 0.493 e. The number of anilines is 1. The number of hydrogen-bond acceptors (Lipinski definition) is 4. The van der Waals surface area contributed by atoms with Gasteiger partial charge in [0.1, 0.15) is 5.82 Å². The van der Waals surface area contributed by atoms with Gasteiger partial charge in [-0.1, -0.05) is 6.07 Å². The van der Waals surface area contributed by atoms with Crippen molar-refractivity contribution < 1.29 is 23.5 Å². The Morgan fingerprint density at radius 3 is 2.48 bits per heavy atom. The van der Waals surface area contributed by atoms with E-state index in [-0.39, 0.29) is 17.0 Å². The molecule has 0 bridgehead atoms. The Bertz CT molecular complexity index is 758. The molecule has 0 radical (unpaired) electrons. The Labute approximate surface area is 133 Å². The third-order valence-electron chi connectivity index (χ3n) is 3.03. The summed E-state index contributed by atoms with van der Waals surface area (Å²) in [6.07, 6.45) is 0. The standard InChI is InChI=1S/C17H16FNO4/c1-10-4-7-15(16(8-10)22-3)23-17(21)12-5-6-13(18)14(9-12)19-11(2)20/h4-9H,1-3H3,(H,19,20). The molecule has 2 aromatic carbocycles. The van der Waals surface area contributed by atoms with Crippen LogP contribution in [-0.2, 0) is 4.79 Å². The summed E-state index contributed by atoms with van der Waals surface area (Å²) in [5.74, 6) is -1.07. The normalized spacial score (nSPS) is 10.1. The lowest BCUT2D eigenvalue weighted by molar-refractivity contribution is -0.114. The molecular weight excluding hydrogens is 301 g/mol. The van der Waals surface area contributed by atoms with Crippen LogP contribution < -0.4 is 14.8 Å². The van der Waals surface area contributed by atoms with Crippen molar-refractivity contribution in [2.24, 2.45) is 0 Å². The number of rotatable bonds is 4. The minimum absolute atomic E-state index is 0.0807. The van der Waals surface area contributed by atoms with E-state index in [4.69, 9.17) is 9.47 Å². The molecule has 0 saturated heterocycles. The zero-order valence-electron chi connectivity index (χ0n) is 13.0. The van der Waals surface area contributed by atoms with E-state index in [1.807, 2.05) is 6.92 Å². The number of ether oxygens (including phenoxy) is 2. The number of hydrogen-bond donors (Lipinski definition) is 1. The van der Waals surface area contributed by atoms with E-state index < -0.39 is 17.7 Å². The molecule has 120 valence electrons. The van der Waals surface area contributed by atoms with Gasteiger partial charge < -0.3 is 14.8 Å². The van der Waals surface area contributed by atoms with Crippen LogP contribution in [0.3, 0.4) is 0 Å². The Balaban J connectivity index is 2.26. The van der Waals surface area contributed by atoms with E-state index in [1.54, 1.807) is 18.2 Å². The zero-order valence-corrected chi connectivity index (χ0v) is 13.0. The first kappa shape index (κ1) is 16.5. The Morgan fingerprint density at radius 2 is 1.83 bits per heavy atom. The molecule has 6 heteroatoms. The monoisotopic (exact) mass is 317 g/mol. The quantitative estimate of drug-likeness (QED) is 0.694. The fraction of sp³-hybridized carbons (Fsp3) is 0.176. The van der Waals surface area contributed by atoms with Gasteiger partial charge in [0.2, 0.25) is 5.91 Å². The SMILES string of the molecule is COc1cc(C)ccc1OC(=O)c1ccc(F)c(NC(C)=O)c1. The topological polar surface area (TPSA) is 64.6 Å². The van der Waals surface area contributed by atoms with Gasteiger partial charge in [-0.25, -0.2) is 9.18 Å². The molecule has 1 amide bonds. The summed E-state index contributed by atoms with van der Waals surface area (Å²) in [5, 5.41) is 2.32. The molecular formula is C17H16FNO4. The van der Waals surface area contributed by atoms with Gasteiger partial charge in [0.05, 0.1) is 18.4 Å². The lowest BCUT2D eigenvalue weighted by atomic mass is 10.2. The van der Waals surface area contributed by atoms with Crippen molar-refractivity contribution in [2.75, 3.05) is 12.4 Å². The predicted octanol–water partition coefficient (Wildman–Crippen LogP) is 3.32. The van der Waals surface area contributed by atoms with E-state index in [1.165, 1.54) is 26.2 Å². The molecule has 5 nitrogen and oxygen atoms in total. The Hall–Kier alpha value is -2.89. The molecule has 0 heterocycles. The summed E-state index contributed by atoms with van der Waals surface area (Å²) in [4.78, 5) is 23.2. The maximum absolute atomic E-state index is 13.6. The average molecular weight is 317 g/mol. The van der Waals surface area contributed by atoms with Crippen LogP contribution in [0.25, 0.3) is 0 Å². The van der Waals surface area contributed by atoms with E-state index in [2.05, 4.69) is 5.32 Å². The number of carbonyl (C=O) groups excluding carboxylic acids is 2. The van der Waals surface area contributed by atoms with Gasteiger partial charge in [-0.05, 0) is 42.8 Å². The number of amides is 1. The number of methoxy groups -OCH3 is 1. The lowest BCUT2D eigenvalue weighted by Gasteiger charge is -2.11. The number of benzene rings is 2. The second kappa shape index (κ2) is 6.91. The maximum atomic E-state index is 13.6. The van der Waals surface area contributed by atoms with Gasteiger partial charge in [-0.15, -0.1) is 0 Å². The van der Waals surface area contributed by atoms with Crippen molar-refractivity contribution >= 4 is 17.6 Å². The number of esters is 1. The minimum atomic E-state index is -0.682. The van der Waals surface area contributed by atoms with Crippen LogP contribution in [0.5, 0.6) is 11.5 Å². The van der Waals surface area contributed by atoms with Crippen molar-refractivity contribution in [2.45, 2.75) is 13.8 Å². The third-order valence-corrected chi connectivity index (χ3v) is 3.03. The van der Waals surface area contributed by atoms with Crippen LogP contribution in [0, 0.1) is 12.7 Å². The van der Waals surface area contributed by atoms with Crippen molar-refractivity contribution in [3.8, 4) is 11.5 Å². The van der Waals surface area contributed by atoms with Gasteiger partial charge >= 0.3 is 5.97 Å². The molecule has 1 N–H and O–H groups in total. The lowest BCUT2D eigenvalue weighted by Crippen LogP contribution is -2.12. The van der Waals surface area contributed by atoms with Gasteiger partial charge in [-0.2, -0.15) is 0 Å². The molecule has 0 aliphatic rings. The Kier molecular flexibility index (Phi) is 4.95. The zero-order chi connectivity index (χ0) is 17.0. The van der Waals surface area contributed by atoms with Crippen molar-refractivity contribution in [1.29, 1.82) is 0 Å². The van der Waals surface area contributed by atoms with Gasteiger partial charge in [0.15, 0.2) is 11.5 Å². The number of carbonyl (C=O) groups is 2. The molecule has 0 aromatic heterocycles. The number of aryl methyl sites for hydroxylation is 1. The van der Waals surface area contributed by atoms with Crippen LogP contribution in [0.1, 0.15) is 22.8 Å². The number of nitrogens with one attached hydrogen (secondary N) is 1. The highest BCUT2D eigenvalue weighted by Gasteiger charge is 2.15. The molecule has 23 heavy (non-hydrogen) atoms. The van der Waals surface area contributed by atoms with Gasteiger partial charge in [0, 0.05) is 6.92 Å². The average Bonchev–Trinajstić information content (AvgIpc) is 2.50. The van der Waals surface area contributed by atoms with Crippen LogP contribution in [-0.4, -0.2) is 19.0 Å². The summed E-state index contributed by atoms with van der Waals surface area (Å²) < 4.78 is 24.0. The molecule has 0 atom stereocenters. The maximum Gasteiger partial charge on any atom is 0.343 e. The van der Waals surface area contributed by atoms with Crippen molar-refractivity contribution in [1.82, 2.24) is 0 Å². The molecule has 0 aliphatic carbocycles. The van der Waals surface area contributed by atoms with E-state index >= 15 is 0 Å². The van der Waals surface area contributed by atoms with Gasteiger partial charge in [-0.3, -0.25) is 4.79 Å². The molecule has 2 rings (SSSR count). The molecule has 0 fully saturated rings. The van der Waals surface area contributed by atoms with E-state index in [9.17, 15) is 14.0 Å². The second-order valence-corrected chi connectivity index (χ2v) is 4.92. The molecule has 2 aromatic rings. The predicted molar refractivity (Wildman–Crippen MR) is 83.4 cm³/mol. The van der Waals surface area contributed by atoms with Crippen LogP contribution >= 0.6 is 0 Å². The smallest absolute Gasteiger partial charge is 0.343 e. The third kappa shape index (κ3) is 4.06. The van der Waals surface area contributed by atoms with Crippen molar-refractivity contribution in [3.05, 3.63) is 53.3 Å². The van der Waals surface area contributed by atoms with E-state index in [0.717, 1.165) is 11.6 Å². The van der Waals surface area contributed by atoms with Crippen LogP contribution in [0.15, 0.2) is 36.4 Å². The highest BCUT2D eigenvalue weighted by molar-refractivity contribution is 5.95. The molecule has 0 spiro atoms. The highest BCUT2D eigenvalue weighted by atomic mass is 19.1. The number of halogens is 1. The summed E-state index contributed by atoms with van der Waals surface area (Å²) >= 11 is 0. The highest BCUT2D eigenvalue weighted by Crippen LogP contribution is 2.29. The first-order valence-electron chi connectivity index (χ1n) is 6.84. The summed E-state index contributed by atoms with van der Waals surface area (Å²) in [5.41, 5.74) is 0.983.